The molecule has 5 nitrogen and oxygen atoms in total. The highest BCUT2D eigenvalue weighted by atomic mass is 35.5. The third-order valence-corrected chi connectivity index (χ3v) is 5.05. The molecule has 0 atom stereocenters. The van der Waals surface area contributed by atoms with Crippen molar-refractivity contribution in [1.82, 2.24) is 14.3 Å². The van der Waals surface area contributed by atoms with Gasteiger partial charge in [0, 0.05) is 31.0 Å². The minimum Gasteiger partial charge on any atom is -0.395 e. The molecule has 0 saturated carbocycles. The molecular weight excluding hydrogens is 374 g/mol. The van der Waals surface area contributed by atoms with Gasteiger partial charge in [0.05, 0.1) is 22.8 Å². The van der Waals surface area contributed by atoms with Crippen molar-refractivity contribution in [3.8, 4) is 16.8 Å². The van der Waals surface area contributed by atoms with E-state index in [-0.39, 0.29) is 12.3 Å². The van der Waals surface area contributed by atoms with Gasteiger partial charge in [-0.25, -0.2) is 4.79 Å². The van der Waals surface area contributed by atoms with Crippen LogP contribution in [0.1, 0.15) is 5.56 Å². The van der Waals surface area contributed by atoms with Crippen molar-refractivity contribution in [1.29, 1.82) is 0 Å². The molecule has 142 valence electrons. The van der Waals surface area contributed by atoms with Gasteiger partial charge < -0.3 is 10.4 Å². The first-order valence-corrected chi connectivity index (χ1v) is 9.45. The molecule has 2 N–H and O–H groups in total. The number of pyridine rings is 1. The second kappa shape index (κ2) is 8.02. The lowest BCUT2D eigenvalue weighted by Gasteiger charge is -2.09. The molecule has 0 saturated heterocycles. The fourth-order valence-electron chi connectivity index (χ4n) is 3.27. The molecule has 0 amide bonds. The van der Waals surface area contributed by atoms with Gasteiger partial charge in [-0.15, -0.1) is 0 Å². The van der Waals surface area contributed by atoms with Crippen LogP contribution in [0, 0.1) is 0 Å². The minimum atomic E-state index is -0.175. The molecule has 0 aliphatic rings. The van der Waals surface area contributed by atoms with Crippen molar-refractivity contribution >= 4 is 17.1 Å². The van der Waals surface area contributed by atoms with E-state index in [9.17, 15) is 4.79 Å². The summed E-state index contributed by atoms with van der Waals surface area (Å²) in [6.45, 7) is 1.17. The maximum Gasteiger partial charge on any atom is 0.337 e. The Labute approximate surface area is 167 Å². The number of aromatic nitrogens is 2. The van der Waals surface area contributed by atoms with Crippen LogP contribution in [0.4, 0.5) is 0 Å². The number of nitrogens with zero attached hydrogens (tertiary/aromatic N) is 2. The van der Waals surface area contributed by atoms with Gasteiger partial charge in [-0.2, -0.15) is 0 Å². The average molecular weight is 394 g/mol. The van der Waals surface area contributed by atoms with Crippen LogP contribution in [0.2, 0.25) is 5.02 Å². The molecule has 0 bridgehead atoms. The van der Waals surface area contributed by atoms with E-state index < -0.39 is 0 Å². The van der Waals surface area contributed by atoms with Crippen molar-refractivity contribution in [2.24, 2.45) is 0 Å². The fourth-order valence-corrected chi connectivity index (χ4v) is 3.59. The molecule has 4 rings (SSSR count). The molecule has 6 heteroatoms. The highest BCUT2D eigenvalue weighted by Gasteiger charge is 2.13. The SMILES string of the molecule is O=c1n(-c2cccc(-c3ccccc3)c2Cl)cc2ccc(CNCCO)cn12. The number of rotatable bonds is 6. The van der Waals surface area contributed by atoms with E-state index in [1.54, 1.807) is 15.2 Å². The van der Waals surface area contributed by atoms with Crippen molar-refractivity contribution in [3.05, 3.63) is 94.1 Å². The Kier molecular flexibility index (Phi) is 5.30. The van der Waals surface area contributed by atoms with Crippen LogP contribution in [0.15, 0.2) is 77.9 Å². The van der Waals surface area contributed by atoms with E-state index in [1.807, 2.05) is 66.9 Å². The van der Waals surface area contributed by atoms with Crippen LogP contribution in [0.3, 0.4) is 0 Å². The van der Waals surface area contributed by atoms with E-state index in [2.05, 4.69) is 5.32 Å². The Balaban J connectivity index is 1.77. The van der Waals surface area contributed by atoms with Gasteiger partial charge in [0.1, 0.15) is 0 Å². The number of aliphatic hydroxyl groups excluding tert-OH is 1. The summed E-state index contributed by atoms with van der Waals surface area (Å²) < 4.78 is 3.19. The first-order valence-electron chi connectivity index (χ1n) is 9.07. The number of hydrogen-bond acceptors (Lipinski definition) is 3. The minimum absolute atomic E-state index is 0.0782. The maximum atomic E-state index is 13.0. The van der Waals surface area contributed by atoms with Crippen LogP contribution in [-0.2, 0) is 6.54 Å². The molecule has 4 aromatic rings. The highest BCUT2D eigenvalue weighted by molar-refractivity contribution is 6.35. The molecule has 0 aliphatic heterocycles. The van der Waals surface area contributed by atoms with E-state index in [4.69, 9.17) is 16.7 Å². The number of imidazole rings is 1. The lowest BCUT2D eigenvalue weighted by molar-refractivity contribution is 0.292. The lowest BCUT2D eigenvalue weighted by atomic mass is 10.1. The van der Waals surface area contributed by atoms with E-state index in [1.165, 1.54) is 0 Å². The average Bonchev–Trinajstić information content (AvgIpc) is 3.05. The maximum absolute atomic E-state index is 13.0. The summed E-state index contributed by atoms with van der Waals surface area (Å²) in [5.41, 5.74) is 4.11. The highest BCUT2D eigenvalue weighted by Crippen LogP contribution is 2.32. The first kappa shape index (κ1) is 18.5. The number of fused-ring (bicyclic) bond motifs is 1. The van der Waals surface area contributed by atoms with Gasteiger partial charge in [-0.3, -0.25) is 8.97 Å². The largest absolute Gasteiger partial charge is 0.395 e. The summed E-state index contributed by atoms with van der Waals surface area (Å²) in [6.07, 6.45) is 3.61. The molecule has 2 heterocycles. The normalized spacial score (nSPS) is 11.2. The summed E-state index contributed by atoms with van der Waals surface area (Å²) in [6, 6.07) is 19.4. The predicted octanol–water partition coefficient (Wildman–Crippen LogP) is 3.49. The number of benzene rings is 2. The van der Waals surface area contributed by atoms with Crippen molar-refractivity contribution in [3.63, 3.8) is 0 Å². The third-order valence-electron chi connectivity index (χ3n) is 4.66. The standard InChI is InChI=1S/C22H20ClN3O2/c23-21-19(17-5-2-1-3-6-17)7-4-8-20(21)26-15-18-10-9-16(13-24-11-12-27)14-25(18)22(26)28/h1-10,14-15,24,27H,11-13H2. The first-order chi connectivity index (χ1) is 13.7. The number of nitrogens with one attached hydrogen (secondary N) is 1. The van der Waals surface area contributed by atoms with Crippen LogP contribution < -0.4 is 11.0 Å². The molecule has 0 unspecified atom stereocenters. The zero-order valence-corrected chi connectivity index (χ0v) is 15.9. The molecule has 0 fully saturated rings. The van der Waals surface area contributed by atoms with Crippen LogP contribution in [-0.4, -0.2) is 27.2 Å². The monoisotopic (exact) mass is 393 g/mol. The van der Waals surface area contributed by atoms with Crippen molar-refractivity contribution in [2.75, 3.05) is 13.2 Å². The van der Waals surface area contributed by atoms with E-state index in [0.717, 1.165) is 22.2 Å². The second-order valence-corrected chi connectivity index (χ2v) is 6.90. The van der Waals surface area contributed by atoms with Gasteiger partial charge in [-0.05, 0) is 23.3 Å². The molecular formula is C22H20ClN3O2. The van der Waals surface area contributed by atoms with Gasteiger partial charge in [0.15, 0.2) is 0 Å². The molecule has 2 aromatic carbocycles. The van der Waals surface area contributed by atoms with Crippen LogP contribution >= 0.6 is 11.6 Å². The van der Waals surface area contributed by atoms with Gasteiger partial charge >= 0.3 is 5.69 Å². The Bertz CT molecular complexity index is 1170. The summed E-state index contributed by atoms with van der Waals surface area (Å²) in [7, 11) is 0. The van der Waals surface area contributed by atoms with E-state index >= 15 is 0 Å². The van der Waals surface area contributed by atoms with Gasteiger partial charge in [0.25, 0.3) is 0 Å². The van der Waals surface area contributed by atoms with E-state index in [0.29, 0.717) is 23.8 Å². The summed E-state index contributed by atoms with van der Waals surface area (Å²) in [5.74, 6) is 0. The Morgan fingerprint density at radius 3 is 2.57 bits per heavy atom. The van der Waals surface area contributed by atoms with Gasteiger partial charge in [0.2, 0.25) is 0 Å². The van der Waals surface area contributed by atoms with Crippen LogP contribution in [0.5, 0.6) is 0 Å². The summed E-state index contributed by atoms with van der Waals surface area (Å²) in [5, 5.41) is 12.5. The fraction of sp³-hybridized carbons (Fsp3) is 0.136. The zero-order valence-electron chi connectivity index (χ0n) is 15.2. The smallest absolute Gasteiger partial charge is 0.337 e. The lowest BCUT2D eigenvalue weighted by Crippen LogP contribution is -2.20. The summed E-state index contributed by atoms with van der Waals surface area (Å²) in [4.78, 5) is 13.0. The Morgan fingerprint density at radius 2 is 1.79 bits per heavy atom. The molecule has 0 aliphatic carbocycles. The number of hydrogen-bond donors (Lipinski definition) is 2. The molecule has 2 aromatic heterocycles. The summed E-state index contributed by atoms with van der Waals surface area (Å²) >= 11 is 6.69. The van der Waals surface area contributed by atoms with Gasteiger partial charge in [-0.1, -0.05) is 60.1 Å². The Morgan fingerprint density at radius 1 is 0.964 bits per heavy atom. The number of aliphatic hydroxyl groups is 1. The second-order valence-electron chi connectivity index (χ2n) is 6.52. The zero-order chi connectivity index (χ0) is 19.5. The third kappa shape index (κ3) is 3.47. The number of halogens is 1. The van der Waals surface area contributed by atoms with Crippen LogP contribution in [0.25, 0.3) is 22.3 Å². The van der Waals surface area contributed by atoms with Crippen molar-refractivity contribution in [2.45, 2.75) is 6.54 Å². The molecule has 0 radical (unpaired) electrons. The topological polar surface area (TPSA) is 58.7 Å². The predicted molar refractivity (Wildman–Crippen MR) is 112 cm³/mol. The quantitative estimate of drug-likeness (QED) is 0.493. The van der Waals surface area contributed by atoms with Crippen molar-refractivity contribution < 1.29 is 5.11 Å². The Hall–Kier alpha value is -2.86. The molecule has 28 heavy (non-hydrogen) atoms. The molecule has 0 spiro atoms.